The Labute approximate surface area is 193 Å². The Balaban J connectivity index is 1.60. The molecule has 10 heteroatoms. The molecule has 2 aromatic carbocycles. The van der Waals surface area contributed by atoms with Crippen LogP contribution in [-0.2, 0) is 9.59 Å². The van der Waals surface area contributed by atoms with Gasteiger partial charge in [-0.05, 0) is 30.3 Å². The molecule has 3 N–H and O–H groups in total. The van der Waals surface area contributed by atoms with E-state index in [-0.39, 0.29) is 16.6 Å². The van der Waals surface area contributed by atoms with Crippen LogP contribution in [0.3, 0.4) is 0 Å². The Morgan fingerprint density at radius 1 is 0.938 bits per heavy atom. The number of pyridine rings is 1. The van der Waals surface area contributed by atoms with E-state index in [1.165, 1.54) is 19.3 Å². The van der Waals surface area contributed by atoms with Crippen molar-refractivity contribution in [2.45, 2.75) is 6.42 Å². The zero-order valence-corrected chi connectivity index (χ0v) is 18.3. The largest absolute Gasteiger partial charge is 0.457 e. The number of nitrogens with one attached hydrogen (secondary N) is 3. The van der Waals surface area contributed by atoms with Gasteiger partial charge in [0.2, 0.25) is 11.8 Å². The fraction of sp³-hybridized carbons (Fsp3) is 0.0909. The van der Waals surface area contributed by atoms with Gasteiger partial charge in [0.25, 0.3) is 5.91 Å². The van der Waals surface area contributed by atoms with Crippen molar-refractivity contribution in [2.24, 2.45) is 0 Å². The molecule has 32 heavy (non-hydrogen) atoms. The molecular weight excluding hydrogens is 455 g/mol. The van der Waals surface area contributed by atoms with E-state index >= 15 is 0 Å². The average molecular weight is 473 g/mol. The van der Waals surface area contributed by atoms with Crippen LogP contribution < -0.4 is 20.7 Å². The SMILES string of the molecule is CNC(=O)c1cc(Oc2cccc(NC(=O)CC(=O)Nc3cccc(Cl)c3Cl)c2)ccn1. The number of hydrogen-bond donors (Lipinski definition) is 3. The average Bonchev–Trinajstić information content (AvgIpc) is 2.76. The van der Waals surface area contributed by atoms with Crippen molar-refractivity contribution >= 4 is 52.3 Å². The number of carbonyl (C=O) groups is 3. The molecule has 0 spiro atoms. The summed E-state index contributed by atoms with van der Waals surface area (Å²) in [6.45, 7) is 0. The van der Waals surface area contributed by atoms with E-state index in [9.17, 15) is 14.4 Å². The number of benzene rings is 2. The van der Waals surface area contributed by atoms with Crippen molar-refractivity contribution in [3.63, 3.8) is 0 Å². The van der Waals surface area contributed by atoms with Crippen LogP contribution in [0.2, 0.25) is 10.0 Å². The fourth-order valence-electron chi connectivity index (χ4n) is 2.65. The first kappa shape index (κ1) is 23.1. The smallest absolute Gasteiger partial charge is 0.269 e. The van der Waals surface area contributed by atoms with Gasteiger partial charge in [0.05, 0.1) is 15.7 Å². The van der Waals surface area contributed by atoms with Gasteiger partial charge in [-0.3, -0.25) is 19.4 Å². The van der Waals surface area contributed by atoms with E-state index in [1.54, 1.807) is 48.5 Å². The lowest BCUT2D eigenvalue weighted by Crippen LogP contribution is -2.21. The minimum atomic E-state index is -0.544. The van der Waals surface area contributed by atoms with E-state index in [0.717, 1.165) is 0 Å². The molecule has 8 nitrogen and oxygen atoms in total. The van der Waals surface area contributed by atoms with Gasteiger partial charge in [0, 0.05) is 31.1 Å². The molecule has 0 aliphatic rings. The summed E-state index contributed by atoms with van der Waals surface area (Å²) >= 11 is 12.0. The van der Waals surface area contributed by atoms with E-state index in [4.69, 9.17) is 27.9 Å². The van der Waals surface area contributed by atoms with Gasteiger partial charge >= 0.3 is 0 Å². The third-order valence-corrected chi connectivity index (χ3v) is 4.91. The second-order valence-corrected chi connectivity index (χ2v) is 7.25. The van der Waals surface area contributed by atoms with Crippen molar-refractivity contribution in [3.8, 4) is 11.5 Å². The Morgan fingerprint density at radius 3 is 2.44 bits per heavy atom. The highest BCUT2D eigenvalue weighted by Gasteiger charge is 2.13. The summed E-state index contributed by atoms with van der Waals surface area (Å²) in [5.74, 6) is -0.582. The molecule has 1 heterocycles. The summed E-state index contributed by atoms with van der Waals surface area (Å²) in [4.78, 5) is 40.1. The van der Waals surface area contributed by atoms with Gasteiger partial charge in [0.1, 0.15) is 23.6 Å². The Bertz CT molecular complexity index is 1170. The van der Waals surface area contributed by atoms with Crippen molar-refractivity contribution in [1.29, 1.82) is 0 Å². The van der Waals surface area contributed by atoms with Crippen LogP contribution in [0.5, 0.6) is 11.5 Å². The second kappa shape index (κ2) is 10.6. The summed E-state index contributed by atoms with van der Waals surface area (Å²) in [7, 11) is 1.51. The lowest BCUT2D eigenvalue weighted by Gasteiger charge is -2.10. The minimum absolute atomic E-state index is 0.198. The van der Waals surface area contributed by atoms with Crippen LogP contribution in [0.4, 0.5) is 11.4 Å². The van der Waals surface area contributed by atoms with Gasteiger partial charge in [-0.25, -0.2) is 0 Å². The standard InChI is InChI=1S/C22H18Cl2N4O4/c1-25-22(31)18-11-15(8-9-26-18)32-14-5-2-4-13(10-14)27-19(29)12-20(30)28-17-7-3-6-16(23)21(17)24/h2-11H,12H2,1H3,(H,25,31)(H,27,29)(H,28,30). The third kappa shape index (κ3) is 6.19. The summed E-state index contributed by atoms with van der Waals surface area (Å²) < 4.78 is 5.74. The van der Waals surface area contributed by atoms with Crippen LogP contribution >= 0.6 is 23.2 Å². The van der Waals surface area contributed by atoms with Crippen LogP contribution in [-0.4, -0.2) is 29.8 Å². The van der Waals surface area contributed by atoms with Crippen LogP contribution in [0.1, 0.15) is 16.9 Å². The van der Waals surface area contributed by atoms with Crippen LogP contribution in [0.25, 0.3) is 0 Å². The molecule has 3 rings (SSSR count). The maximum absolute atomic E-state index is 12.3. The normalized spacial score (nSPS) is 10.2. The number of hydrogen-bond acceptors (Lipinski definition) is 5. The first-order valence-electron chi connectivity index (χ1n) is 9.35. The van der Waals surface area contributed by atoms with Gasteiger partial charge in [-0.2, -0.15) is 0 Å². The summed E-state index contributed by atoms with van der Waals surface area (Å²) in [6, 6.07) is 14.5. The number of ether oxygens (including phenoxy) is 1. The summed E-state index contributed by atoms with van der Waals surface area (Å²) in [6.07, 6.45) is 1.03. The van der Waals surface area contributed by atoms with Gasteiger partial charge in [-0.15, -0.1) is 0 Å². The molecule has 0 aliphatic carbocycles. The highest BCUT2D eigenvalue weighted by atomic mass is 35.5. The molecule has 0 atom stereocenters. The highest BCUT2D eigenvalue weighted by Crippen LogP contribution is 2.29. The molecule has 0 unspecified atom stereocenters. The molecule has 0 aliphatic heterocycles. The number of anilines is 2. The number of rotatable bonds is 7. The number of amides is 3. The Kier molecular flexibility index (Phi) is 7.64. The van der Waals surface area contributed by atoms with Crippen molar-refractivity contribution in [1.82, 2.24) is 10.3 Å². The van der Waals surface area contributed by atoms with Crippen molar-refractivity contribution < 1.29 is 19.1 Å². The predicted octanol–water partition coefficient (Wildman–Crippen LogP) is 4.51. The molecule has 164 valence electrons. The number of carbonyl (C=O) groups excluding carboxylic acids is 3. The number of halogens is 2. The lowest BCUT2D eigenvalue weighted by atomic mass is 10.2. The van der Waals surface area contributed by atoms with Crippen LogP contribution in [0, 0.1) is 0 Å². The second-order valence-electron chi connectivity index (χ2n) is 6.46. The van der Waals surface area contributed by atoms with Crippen molar-refractivity contribution in [2.75, 3.05) is 17.7 Å². The summed E-state index contributed by atoms with van der Waals surface area (Å²) in [5.41, 5.74) is 0.961. The third-order valence-electron chi connectivity index (χ3n) is 4.09. The topological polar surface area (TPSA) is 109 Å². The zero-order valence-electron chi connectivity index (χ0n) is 16.8. The van der Waals surface area contributed by atoms with Crippen LogP contribution in [0.15, 0.2) is 60.8 Å². The summed E-state index contributed by atoms with van der Waals surface area (Å²) in [5, 5.41) is 8.17. The zero-order chi connectivity index (χ0) is 23.1. The molecular formula is C22H18Cl2N4O4. The molecule has 0 radical (unpaired) electrons. The molecule has 3 amide bonds. The Morgan fingerprint density at radius 2 is 1.66 bits per heavy atom. The maximum atomic E-state index is 12.3. The number of aromatic nitrogens is 1. The molecule has 0 saturated carbocycles. The van der Waals surface area contributed by atoms with E-state index in [0.29, 0.717) is 27.9 Å². The van der Waals surface area contributed by atoms with E-state index in [2.05, 4.69) is 20.9 Å². The lowest BCUT2D eigenvalue weighted by molar-refractivity contribution is -0.123. The van der Waals surface area contributed by atoms with Crippen molar-refractivity contribution in [3.05, 3.63) is 76.5 Å². The first-order valence-corrected chi connectivity index (χ1v) is 10.1. The highest BCUT2D eigenvalue weighted by molar-refractivity contribution is 6.44. The monoisotopic (exact) mass is 472 g/mol. The molecule has 1 aromatic heterocycles. The van der Waals surface area contributed by atoms with Gasteiger partial charge in [-0.1, -0.05) is 35.3 Å². The predicted molar refractivity (Wildman–Crippen MR) is 122 cm³/mol. The molecule has 3 aromatic rings. The molecule has 0 saturated heterocycles. The van der Waals surface area contributed by atoms with Gasteiger partial charge < -0.3 is 20.7 Å². The van der Waals surface area contributed by atoms with E-state index < -0.39 is 18.2 Å². The Hall–Kier alpha value is -3.62. The first-order chi connectivity index (χ1) is 15.4. The van der Waals surface area contributed by atoms with E-state index in [1.807, 2.05) is 0 Å². The maximum Gasteiger partial charge on any atom is 0.269 e. The molecule has 0 fully saturated rings. The fourth-order valence-corrected chi connectivity index (χ4v) is 2.99. The quantitative estimate of drug-likeness (QED) is 0.438. The minimum Gasteiger partial charge on any atom is -0.457 e. The molecule has 0 bridgehead atoms. The van der Waals surface area contributed by atoms with Gasteiger partial charge in [0.15, 0.2) is 0 Å². The number of nitrogens with zero attached hydrogens (tertiary/aromatic N) is 1.